The van der Waals surface area contributed by atoms with Crippen LogP contribution in [0, 0.1) is 6.92 Å². The molecular formula is C23H41NO8P+. The molecule has 1 rings (SSSR count). The number of ether oxygens (including phenoxy) is 2. The van der Waals surface area contributed by atoms with E-state index in [0.29, 0.717) is 30.5 Å². The summed E-state index contributed by atoms with van der Waals surface area (Å²) in [5.74, 6) is 0.401. The third kappa shape index (κ3) is 15.0. The molecule has 0 bridgehead atoms. The first-order valence-corrected chi connectivity index (χ1v) is 12.9. The van der Waals surface area contributed by atoms with Crippen LogP contribution in [0.15, 0.2) is 18.2 Å². The first-order valence-electron chi connectivity index (χ1n) is 11.5. The molecule has 0 saturated heterocycles. The number of carboxylic acids is 1. The summed E-state index contributed by atoms with van der Waals surface area (Å²) in [5, 5.41) is 9.02. The molecular weight excluding hydrogens is 449 g/mol. The first kappa shape index (κ1) is 29.4. The van der Waals surface area contributed by atoms with Gasteiger partial charge >= 0.3 is 13.8 Å². The fourth-order valence-corrected chi connectivity index (χ4v) is 4.10. The highest BCUT2D eigenvalue weighted by molar-refractivity contribution is 7.47. The number of benzene rings is 1. The Bertz CT molecular complexity index is 765. The molecule has 0 spiro atoms. The van der Waals surface area contributed by atoms with Gasteiger partial charge in [0.2, 0.25) is 0 Å². The van der Waals surface area contributed by atoms with Gasteiger partial charge in [0, 0.05) is 6.07 Å². The van der Waals surface area contributed by atoms with E-state index in [1.807, 2.05) is 46.3 Å². The lowest BCUT2D eigenvalue weighted by atomic mass is 10.2. The van der Waals surface area contributed by atoms with Gasteiger partial charge in [0.1, 0.15) is 24.1 Å². The summed E-state index contributed by atoms with van der Waals surface area (Å²) < 4.78 is 34.3. The summed E-state index contributed by atoms with van der Waals surface area (Å²) in [6.45, 7) is 5.49. The highest BCUT2D eigenvalue weighted by Gasteiger charge is 2.31. The zero-order valence-electron chi connectivity index (χ0n) is 20.6. The maximum atomic E-state index is 12.2. The normalized spacial score (nSPS) is 14.5. The number of hydrogen-bond acceptors (Lipinski definition) is 6. The van der Waals surface area contributed by atoms with Crippen molar-refractivity contribution in [3.05, 3.63) is 23.8 Å². The van der Waals surface area contributed by atoms with Crippen LogP contribution in [0.1, 0.15) is 51.0 Å². The fraction of sp³-hybridized carbons (Fsp3) is 0.696. The smallest absolute Gasteiger partial charge is 0.472 e. The van der Waals surface area contributed by atoms with E-state index in [0.717, 1.165) is 36.3 Å². The van der Waals surface area contributed by atoms with Crippen molar-refractivity contribution in [2.24, 2.45) is 0 Å². The van der Waals surface area contributed by atoms with Gasteiger partial charge in [0.15, 0.2) is 0 Å². The second-order valence-corrected chi connectivity index (χ2v) is 10.6. The van der Waals surface area contributed by atoms with E-state index >= 15 is 0 Å². The molecule has 0 radical (unpaired) electrons. The summed E-state index contributed by atoms with van der Waals surface area (Å²) in [4.78, 5) is 21.0. The summed E-state index contributed by atoms with van der Waals surface area (Å²) in [6.07, 6.45) is 3.09. The summed E-state index contributed by atoms with van der Waals surface area (Å²) in [5.41, 5.74) is 1.05. The monoisotopic (exact) mass is 490 g/mol. The van der Waals surface area contributed by atoms with Gasteiger partial charge < -0.3 is 24.0 Å². The summed E-state index contributed by atoms with van der Waals surface area (Å²) in [7, 11) is 1.18. The maximum absolute atomic E-state index is 12.2. The third-order valence-corrected chi connectivity index (χ3v) is 5.61. The van der Waals surface area contributed by atoms with Crippen molar-refractivity contribution in [3.63, 3.8) is 0 Å². The maximum Gasteiger partial charge on any atom is 0.472 e. The molecule has 2 N–H and O–H groups in total. The zero-order valence-corrected chi connectivity index (χ0v) is 21.5. The summed E-state index contributed by atoms with van der Waals surface area (Å²) >= 11 is 0. The van der Waals surface area contributed by atoms with Gasteiger partial charge in [-0.3, -0.25) is 13.8 Å². The Hall–Kier alpha value is -1.64. The summed E-state index contributed by atoms with van der Waals surface area (Å²) in [6, 6.07) is 5.77. The number of carboxylic acid groups (broad SMARTS) is 1. The van der Waals surface area contributed by atoms with Gasteiger partial charge in [0.25, 0.3) is 0 Å². The van der Waals surface area contributed by atoms with E-state index in [1.165, 1.54) is 0 Å². The van der Waals surface area contributed by atoms with E-state index < -0.39 is 19.9 Å². The van der Waals surface area contributed by atoms with Gasteiger partial charge in [-0.05, 0) is 43.9 Å². The molecule has 0 aliphatic rings. The molecule has 0 aliphatic heterocycles. The van der Waals surface area contributed by atoms with Crippen LogP contribution in [0.3, 0.4) is 0 Å². The van der Waals surface area contributed by atoms with E-state index in [9.17, 15) is 14.3 Å². The van der Waals surface area contributed by atoms with Crippen molar-refractivity contribution in [3.8, 4) is 11.5 Å². The minimum absolute atomic E-state index is 0.000904. The Morgan fingerprint density at radius 1 is 1.00 bits per heavy atom. The van der Waals surface area contributed by atoms with Crippen LogP contribution in [0.25, 0.3) is 0 Å². The van der Waals surface area contributed by atoms with E-state index in [-0.39, 0.29) is 19.6 Å². The molecule has 1 unspecified atom stereocenters. The fourth-order valence-electron chi connectivity index (χ4n) is 3.16. The minimum atomic E-state index is -4.36. The second kappa shape index (κ2) is 14.6. The first-order chi connectivity index (χ1) is 15.4. The molecule has 10 heteroatoms. The van der Waals surface area contributed by atoms with Crippen LogP contribution in [0.4, 0.5) is 0 Å². The SMILES string of the molecule is CCCCCOc1cc(C)cc(OCCCCOP(=O)(O)O[C@H](CC(=O)O)C[N+](C)(C)C)c1. The number of aliphatic carboxylic acids is 1. The van der Waals surface area contributed by atoms with Crippen LogP contribution in [0.2, 0.25) is 0 Å². The van der Waals surface area contributed by atoms with Crippen LogP contribution in [0.5, 0.6) is 11.5 Å². The number of hydrogen-bond donors (Lipinski definition) is 2. The average Bonchev–Trinajstić information content (AvgIpc) is 2.65. The minimum Gasteiger partial charge on any atom is -0.493 e. The number of likely N-dealkylation sites (N-methyl/N-ethyl adjacent to an activating group) is 1. The van der Waals surface area contributed by atoms with Crippen molar-refractivity contribution in [1.82, 2.24) is 0 Å². The Morgan fingerprint density at radius 3 is 2.06 bits per heavy atom. The van der Waals surface area contributed by atoms with E-state index in [4.69, 9.17) is 23.6 Å². The van der Waals surface area contributed by atoms with E-state index in [2.05, 4.69) is 6.92 Å². The van der Waals surface area contributed by atoms with Crippen molar-refractivity contribution >= 4 is 13.8 Å². The highest BCUT2D eigenvalue weighted by Crippen LogP contribution is 2.45. The quantitative estimate of drug-likeness (QED) is 0.177. The number of quaternary nitrogens is 1. The average molecular weight is 491 g/mol. The highest BCUT2D eigenvalue weighted by atomic mass is 31.2. The van der Waals surface area contributed by atoms with Crippen LogP contribution in [-0.4, -0.2) is 74.1 Å². The Morgan fingerprint density at radius 2 is 1.55 bits per heavy atom. The van der Waals surface area contributed by atoms with Crippen LogP contribution in [-0.2, 0) is 18.4 Å². The van der Waals surface area contributed by atoms with E-state index in [1.54, 1.807) is 0 Å². The number of phosphoric ester groups is 1. The van der Waals surface area contributed by atoms with Crippen molar-refractivity contribution < 1.29 is 42.4 Å². The molecule has 0 heterocycles. The number of carbonyl (C=O) groups is 1. The third-order valence-electron chi connectivity index (χ3n) is 4.54. The molecule has 9 nitrogen and oxygen atoms in total. The van der Waals surface area contributed by atoms with Crippen LogP contribution < -0.4 is 9.47 Å². The standard InChI is InChI=1S/C23H40NO8P/c1-6-7-8-11-29-20-14-19(2)15-21(16-20)30-12-9-10-13-31-33(27,28)32-22(17-23(25)26)18-24(3,4)5/h14-16,22H,6-13,17-18H2,1-5H3,(H-,25,26,27,28)/p+1/t22-/m1/s1. The predicted molar refractivity (Wildman–Crippen MR) is 127 cm³/mol. The second-order valence-electron chi connectivity index (χ2n) is 9.19. The molecule has 0 aromatic heterocycles. The molecule has 0 aliphatic carbocycles. The van der Waals surface area contributed by atoms with Gasteiger partial charge in [-0.1, -0.05) is 19.8 Å². The lowest BCUT2D eigenvalue weighted by Crippen LogP contribution is -2.42. The largest absolute Gasteiger partial charge is 0.493 e. The molecule has 33 heavy (non-hydrogen) atoms. The molecule has 1 aromatic carbocycles. The van der Waals surface area contributed by atoms with Crippen molar-refractivity contribution in [1.29, 1.82) is 0 Å². The Labute approximate surface area is 197 Å². The lowest BCUT2D eigenvalue weighted by Gasteiger charge is -2.29. The van der Waals surface area contributed by atoms with Crippen molar-refractivity contribution in [2.45, 2.75) is 58.5 Å². The van der Waals surface area contributed by atoms with Gasteiger partial charge in [0.05, 0.1) is 47.4 Å². The van der Waals surface area contributed by atoms with Gasteiger partial charge in [-0.15, -0.1) is 0 Å². The number of aryl methyl sites for hydroxylation is 1. The van der Waals surface area contributed by atoms with Crippen LogP contribution >= 0.6 is 7.82 Å². The molecule has 190 valence electrons. The Balaban J connectivity index is 2.39. The number of rotatable bonds is 18. The van der Waals surface area contributed by atoms with Crippen molar-refractivity contribution in [2.75, 3.05) is 47.5 Å². The zero-order chi connectivity index (χ0) is 24.9. The Kier molecular flexibility index (Phi) is 13.0. The molecule has 2 atom stereocenters. The number of unbranched alkanes of at least 4 members (excludes halogenated alkanes) is 3. The lowest BCUT2D eigenvalue weighted by molar-refractivity contribution is -0.873. The topological polar surface area (TPSA) is 112 Å². The van der Waals surface area contributed by atoms with Gasteiger partial charge in [-0.25, -0.2) is 4.57 Å². The molecule has 0 saturated carbocycles. The molecule has 0 amide bonds. The molecule has 1 aromatic rings. The predicted octanol–water partition coefficient (Wildman–Crippen LogP) is 4.41. The molecule has 0 fully saturated rings. The number of phosphoric acid groups is 1. The van der Waals surface area contributed by atoms with Gasteiger partial charge in [-0.2, -0.15) is 0 Å². The number of nitrogens with zero attached hydrogens (tertiary/aromatic N) is 1.